The highest BCUT2D eigenvalue weighted by Gasteiger charge is 2.16. The minimum Gasteiger partial charge on any atom is -0.334 e. The maximum atomic E-state index is 12.7. The lowest BCUT2D eigenvalue weighted by atomic mass is 10.1. The minimum absolute atomic E-state index is 0.126. The minimum atomic E-state index is 0.126. The van der Waals surface area contributed by atoms with Crippen molar-refractivity contribution in [2.24, 2.45) is 0 Å². The molecular formula is C17H21NOS. The van der Waals surface area contributed by atoms with Gasteiger partial charge in [0.1, 0.15) is 0 Å². The number of amides is 1. The van der Waals surface area contributed by atoms with Crippen molar-refractivity contribution < 1.29 is 4.79 Å². The fourth-order valence-electron chi connectivity index (χ4n) is 2.18. The van der Waals surface area contributed by atoms with Gasteiger partial charge >= 0.3 is 0 Å². The van der Waals surface area contributed by atoms with E-state index in [4.69, 9.17) is 0 Å². The smallest absolute Gasteiger partial charge is 0.254 e. The van der Waals surface area contributed by atoms with Crippen LogP contribution in [0.2, 0.25) is 0 Å². The molecule has 0 bridgehead atoms. The number of benzene rings is 1. The SMILES string of the molecule is CCCN(Cc1ccsc1)C(=O)c1ccc(C)c(C)c1. The van der Waals surface area contributed by atoms with Crippen molar-refractivity contribution in [3.8, 4) is 0 Å². The lowest BCUT2D eigenvalue weighted by molar-refractivity contribution is 0.0743. The second-order valence-electron chi connectivity index (χ2n) is 5.16. The quantitative estimate of drug-likeness (QED) is 0.797. The van der Waals surface area contributed by atoms with Gasteiger partial charge < -0.3 is 4.90 Å². The molecule has 0 saturated carbocycles. The molecule has 106 valence electrons. The summed E-state index contributed by atoms with van der Waals surface area (Å²) in [5, 5.41) is 4.16. The van der Waals surface area contributed by atoms with Gasteiger partial charge in [-0.05, 0) is 65.9 Å². The average Bonchev–Trinajstić information content (AvgIpc) is 2.93. The molecule has 1 aromatic carbocycles. The van der Waals surface area contributed by atoms with E-state index in [9.17, 15) is 4.79 Å². The van der Waals surface area contributed by atoms with E-state index in [2.05, 4.69) is 37.6 Å². The second kappa shape index (κ2) is 6.71. The van der Waals surface area contributed by atoms with Crippen LogP contribution in [0.3, 0.4) is 0 Å². The molecule has 0 atom stereocenters. The molecule has 1 heterocycles. The summed E-state index contributed by atoms with van der Waals surface area (Å²) in [5.41, 5.74) is 4.39. The molecule has 0 spiro atoms. The van der Waals surface area contributed by atoms with Crippen molar-refractivity contribution in [3.63, 3.8) is 0 Å². The highest BCUT2D eigenvalue weighted by molar-refractivity contribution is 7.07. The van der Waals surface area contributed by atoms with E-state index in [0.29, 0.717) is 6.54 Å². The summed E-state index contributed by atoms with van der Waals surface area (Å²) >= 11 is 1.67. The Balaban J connectivity index is 2.19. The first-order valence-electron chi connectivity index (χ1n) is 6.99. The Morgan fingerprint density at radius 2 is 2.00 bits per heavy atom. The van der Waals surface area contributed by atoms with Gasteiger partial charge in [-0.2, -0.15) is 11.3 Å². The lowest BCUT2D eigenvalue weighted by Crippen LogP contribution is -2.31. The number of carbonyl (C=O) groups is 1. The summed E-state index contributed by atoms with van der Waals surface area (Å²) in [5.74, 6) is 0.126. The number of nitrogens with zero attached hydrogens (tertiary/aromatic N) is 1. The number of thiophene rings is 1. The number of carbonyl (C=O) groups excluding carboxylic acids is 1. The molecular weight excluding hydrogens is 266 g/mol. The van der Waals surface area contributed by atoms with Gasteiger partial charge in [-0.3, -0.25) is 4.79 Å². The molecule has 3 heteroatoms. The molecule has 0 unspecified atom stereocenters. The van der Waals surface area contributed by atoms with Crippen LogP contribution in [0.25, 0.3) is 0 Å². The number of hydrogen-bond acceptors (Lipinski definition) is 2. The Morgan fingerprint density at radius 3 is 2.60 bits per heavy atom. The highest BCUT2D eigenvalue weighted by atomic mass is 32.1. The van der Waals surface area contributed by atoms with Crippen LogP contribution in [0.15, 0.2) is 35.0 Å². The molecule has 0 saturated heterocycles. The first-order chi connectivity index (χ1) is 9.61. The fraction of sp³-hybridized carbons (Fsp3) is 0.353. The van der Waals surface area contributed by atoms with Crippen LogP contribution in [-0.2, 0) is 6.54 Å². The second-order valence-corrected chi connectivity index (χ2v) is 5.94. The standard InChI is InChI=1S/C17H21NOS/c1-4-8-18(11-15-7-9-20-12-15)17(19)16-6-5-13(2)14(3)10-16/h5-7,9-10,12H,4,8,11H2,1-3H3. The third-order valence-electron chi connectivity index (χ3n) is 3.49. The molecule has 2 rings (SSSR count). The van der Waals surface area contributed by atoms with E-state index in [-0.39, 0.29) is 5.91 Å². The third kappa shape index (κ3) is 3.48. The molecule has 20 heavy (non-hydrogen) atoms. The maximum Gasteiger partial charge on any atom is 0.254 e. The van der Waals surface area contributed by atoms with Crippen molar-refractivity contribution in [1.29, 1.82) is 0 Å². The predicted molar refractivity (Wildman–Crippen MR) is 85.3 cm³/mol. The molecule has 0 radical (unpaired) electrons. The molecule has 1 amide bonds. The van der Waals surface area contributed by atoms with Gasteiger partial charge in [-0.1, -0.05) is 13.0 Å². The van der Waals surface area contributed by atoms with Crippen molar-refractivity contribution in [3.05, 3.63) is 57.3 Å². The summed E-state index contributed by atoms with van der Waals surface area (Å²) in [6.07, 6.45) is 0.973. The van der Waals surface area contributed by atoms with Crippen LogP contribution in [0.4, 0.5) is 0 Å². The Morgan fingerprint density at radius 1 is 1.20 bits per heavy atom. The van der Waals surface area contributed by atoms with E-state index in [1.54, 1.807) is 11.3 Å². The van der Waals surface area contributed by atoms with Crippen molar-refractivity contribution >= 4 is 17.2 Å². The molecule has 0 fully saturated rings. The topological polar surface area (TPSA) is 20.3 Å². The van der Waals surface area contributed by atoms with E-state index in [1.807, 2.05) is 23.1 Å². The third-order valence-corrected chi connectivity index (χ3v) is 4.22. The van der Waals surface area contributed by atoms with Crippen LogP contribution >= 0.6 is 11.3 Å². The molecule has 2 nitrogen and oxygen atoms in total. The monoisotopic (exact) mass is 287 g/mol. The molecule has 0 aliphatic rings. The van der Waals surface area contributed by atoms with Gasteiger partial charge in [0.2, 0.25) is 0 Å². The van der Waals surface area contributed by atoms with Crippen molar-refractivity contribution in [2.45, 2.75) is 33.7 Å². The zero-order valence-corrected chi connectivity index (χ0v) is 13.2. The zero-order valence-electron chi connectivity index (χ0n) is 12.3. The van der Waals surface area contributed by atoms with Gasteiger partial charge in [0.15, 0.2) is 0 Å². The first-order valence-corrected chi connectivity index (χ1v) is 7.93. The molecule has 1 aromatic heterocycles. The van der Waals surface area contributed by atoms with Crippen LogP contribution in [0.1, 0.15) is 40.4 Å². The Bertz CT molecular complexity index is 575. The summed E-state index contributed by atoms with van der Waals surface area (Å²) in [6, 6.07) is 8.03. The van der Waals surface area contributed by atoms with E-state index < -0.39 is 0 Å². The Kier molecular flexibility index (Phi) is 4.96. The molecule has 2 aromatic rings. The van der Waals surface area contributed by atoms with Gasteiger partial charge in [-0.25, -0.2) is 0 Å². The Labute approximate surface area is 125 Å². The maximum absolute atomic E-state index is 12.7. The first kappa shape index (κ1) is 14.8. The van der Waals surface area contributed by atoms with Crippen molar-refractivity contribution in [2.75, 3.05) is 6.54 Å². The van der Waals surface area contributed by atoms with E-state index in [1.165, 1.54) is 16.7 Å². The summed E-state index contributed by atoms with van der Waals surface area (Å²) in [4.78, 5) is 14.6. The summed E-state index contributed by atoms with van der Waals surface area (Å²) in [6.45, 7) is 7.72. The lowest BCUT2D eigenvalue weighted by Gasteiger charge is -2.22. The summed E-state index contributed by atoms with van der Waals surface area (Å²) < 4.78 is 0. The largest absolute Gasteiger partial charge is 0.334 e. The van der Waals surface area contributed by atoms with Gasteiger partial charge in [0, 0.05) is 18.7 Å². The number of rotatable bonds is 5. The highest BCUT2D eigenvalue weighted by Crippen LogP contribution is 2.15. The van der Waals surface area contributed by atoms with Crippen LogP contribution < -0.4 is 0 Å². The zero-order chi connectivity index (χ0) is 14.5. The van der Waals surface area contributed by atoms with Crippen LogP contribution in [0.5, 0.6) is 0 Å². The number of hydrogen-bond donors (Lipinski definition) is 0. The van der Waals surface area contributed by atoms with Crippen LogP contribution in [-0.4, -0.2) is 17.4 Å². The number of aryl methyl sites for hydroxylation is 2. The fourth-order valence-corrected chi connectivity index (χ4v) is 2.84. The average molecular weight is 287 g/mol. The van der Waals surface area contributed by atoms with Gasteiger partial charge in [0.05, 0.1) is 0 Å². The van der Waals surface area contributed by atoms with E-state index in [0.717, 1.165) is 18.5 Å². The van der Waals surface area contributed by atoms with E-state index >= 15 is 0 Å². The predicted octanol–water partition coefficient (Wildman–Crippen LogP) is 4.42. The van der Waals surface area contributed by atoms with Crippen molar-refractivity contribution in [1.82, 2.24) is 4.90 Å². The summed E-state index contributed by atoms with van der Waals surface area (Å²) in [7, 11) is 0. The van der Waals surface area contributed by atoms with Gasteiger partial charge in [0.25, 0.3) is 5.91 Å². The van der Waals surface area contributed by atoms with Gasteiger partial charge in [-0.15, -0.1) is 0 Å². The molecule has 0 N–H and O–H groups in total. The molecule has 0 aliphatic heterocycles. The van der Waals surface area contributed by atoms with Crippen LogP contribution in [0, 0.1) is 13.8 Å². The Hall–Kier alpha value is -1.61. The molecule has 0 aliphatic carbocycles. The normalized spacial score (nSPS) is 10.6.